The van der Waals surface area contributed by atoms with Gasteiger partial charge in [-0.3, -0.25) is 9.99 Å². The highest BCUT2D eigenvalue weighted by molar-refractivity contribution is 5.98. The van der Waals surface area contributed by atoms with Gasteiger partial charge in [-0.25, -0.2) is 4.39 Å². The van der Waals surface area contributed by atoms with Gasteiger partial charge in [0.25, 0.3) is 0 Å². The Kier molecular flexibility index (Phi) is 5.81. The second-order valence-corrected chi connectivity index (χ2v) is 11.7. The molecule has 0 spiro atoms. The van der Waals surface area contributed by atoms with Crippen LogP contribution in [0.3, 0.4) is 0 Å². The second-order valence-electron chi connectivity index (χ2n) is 11.7. The average molecular weight is 513 g/mol. The molecule has 4 N–H and O–H groups in total. The maximum Gasteiger partial charge on any atom is 0.123 e. The number of nitrogens with one attached hydrogen (secondary N) is 4. The van der Waals surface area contributed by atoms with Crippen LogP contribution in [-0.4, -0.2) is 22.6 Å². The normalized spacial score (nSPS) is 19.3. The fourth-order valence-electron chi connectivity index (χ4n) is 4.80. The molecule has 196 valence electrons. The molecule has 1 atom stereocenters. The molecule has 3 aliphatic rings. The SMILES string of the molecule is [2H]C(Nc1cc(C2CC2)c2ncc(C#N)c(NCC(C)(C)C)c2c1)(C1=CN(C2CC2)NN1)c1ccc(F)cc1. The second kappa shape index (κ2) is 9.48. The number of benzene rings is 2. The van der Waals surface area contributed by atoms with Crippen LogP contribution in [0.1, 0.15) is 76.5 Å². The van der Waals surface area contributed by atoms with Crippen LogP contribution in [-0.2, 0) is 0 Å². The van der Waals surface area contributed by atoms with Crippen molar-refractivity contribution in [3.05, 3.63) is 77.0 Å². The maximum absolute atomic E-state index is 13.9. The van der Waals surface area contributed by atoms with Crippen LogP contribution < -0.4 is 21.6 Å². The first-order chi connectivity index (χ1) is 18.6. The van der Waals surface area contributed by atoms with Gasteiger partial charge >= 0.3 is 0 Å². The molecule has 7 nitrogen and oxygen atoms in total. The first-order valence-corrected chi connectivity index (χ1v) is 13.3. The molecule has 8 heteroatoms. The van der Waals surface area contributed by atoms with E-state index in [0.29, 0.717) is 35.3 Å². The summed E-state index contributed by atoms with van der Waals surface area (Å²) in [5.41, 5.74) is 11.6. The monoisotopic (exact) mass is 512 g/mol. The van der Waals surface area contributed by atoms with Gasteiger partial charge in [0.15, 0.2) is 0 Å². The molecule has 0 saturated heterocycles. The smallest absolute Gasteiger partial charge is 0.123 e. The molecule has 38 heavy (non-hydrogen) atoms. The van der Waals surface area contributed by atoms with Crippen LogP contribution in [0.5, 0.6) is 0 Å². The van der Waals surface area contributed by atoms with Crippen molar-refractivity contribution >= 4 is 22.3 Å². The van der Waals surface area contributed by atoms with E-state index in [1.165, 1.54) is 12.1 Å². The van der Waals surface area contributed by atoms with E-state index in [9.17, 15) is 11.0 Å². The third-order valence-corrected chi connectivity index (χ3v) is 7.13. The summed E-state index contributed by atoms with van der Waals surface area (Å²) in [6, 6.07) is 11.4. The highest BCUT2D eigenvalue weighted by atomic mass is 19.1. The highest BCUT2D eigenvalue weighted by Gasteiger charge is 2.33. The summed E-state index contributed by atoms with van der Waals surface area (Å²) in [5.74, 6) is 0.0468. The molecule has 0 bridgehead atoms. The van der Waals surface area contributed by atoms with Gasteiger partial charge in [0.05, 0.1) is 29.9 Å². The Labute approximate surface area is 224 Å². The van der Waals surface area contributed by atoms with Gasteiger partial charge in [-0.1, -0.05) is 32.9 Å². The maximum atomic E-state index is 13.9. The van der Waals surface area contributed by atoms with Crippen molar-refractivity contribution in [3.63, 3.8) is 0 Å². The standard InChI is InChI=1S/C30H34FN7/c1-30(2,3)17-34-27-20(14-32)15-33-29-24(18-4-5-18)12-22(13-25(27)29)35-28(19-6-8-21(31)9-7-19)26-16-38(37-36-26)23-10-11-23/h6-9,12-13,15-16,18,23,28,35-37H,4-5,10-11,17H2,1-3H3,(H,33,34)/i28D. The number of nitriles is 1. The summed E-state index contributed by atoms with van der Waals surface area (Å²) in [4.78, 5) is 4.72. The number of nitrogens with zero attached hydrogens (tertiary/aromatic N) is 3. The van der Waals surface area contributed by atoms with Crippen molar-refractivity contribution in [3.8, 4) is 6.07 Å². The fourth-order valence-corrected chi connectivity index (χ4v) is 4.80. The quantitative estimate of drug-likeness (QED) is 0.292. The van der Waals surface area contributed by atoms with Crippen LogP contribution in [0.2, 0.25) is 0 Å². The lowest BCUT2D eigenvalue weighted by Gasteiger charge is -2.24. The molecular weight excluding hydrogens is 477 g/mol. The summed E-state index contributed by atoms with van der Waals surface area (Å²) in [6.45, 7) is 7.14. The van der Waals surface area contributed by atoms with E-state index < -0.39 is 6.02 Å². The van der Waals surface area contributed by atoms with E-state index in [-0.39, 0.29) is 11.2 Å². The molecular formula is C30H34FN7. The Hall–Kier alpha value is -3.83. The lowest BCUT2D eigenvalue weighted by atomic mass is 9.96. The molecule has 2 heterocycles. The summed E-state index contributed by atoms with van der Waals surface area (Å²) in [7, 11) is 0. The zero-order valence-corrected chi connectivity index (χ0v) is 22.0. The molecule has 2 aliphatic carbocycles. The number of pyridine rings is 1. The number of anilines is 2. The molecule has 1 aromatic heterocycles. The Balaban J connectivity index is 1.47. The number of rotatable bonds is 8. The summed E-state index contributed by atoms with van der Waals surface area (Å²) >= 11 is 0. The number of fused-ring (bicyclic) bond motifs is 1. The zero-order valence-electron chi connectivity index (χ0n) is 23.0. The molecule has 0 radical (unpaired) electrons. The molecule has 2 saturated carbocycles. The minimum Gasteiger partial charge on any atom is -0.383 e. The van der Waals surface area contributed by atoms with Crippen molar-refractivity contribution in [1.82, 2.24) is 21.0 Å². The van der Waals surface area contributed by atoms with E-state index in [4.69, 9.17) is 4.98 Å². The minimum atomic E-state index is -1.43. The van der Waals surface area contributed by atoms with E-state index in [2.05, 4.69) is 54.5 Å². The fraction of sp³-hybridized carbons (Fsp3) is 0.400. The Morgan fingerprint density at radius 2 is 1.97 bits per heavy atom. The van der Waals surface area contributed by atoms with E-state index in [1.807, 2.05) is 17.3 Å². The topological polar surface area (TPSA) is 88.0 Å². The number of halogens is 1. The molecule has 0 amide bonds. The van der Waals surface area contributed by atoms with E-state index >= 15 is 0 Å². The lowest BCUT2D eigenvalue weighted by Crippen LogP contribution is -2.38. The van der Waals surface area contributed by atoms with Gasteiger partial charge in [-0.15, -0.1) is 5.53 Å². The van der Waals surface area contributed by atoms with Gasteiger partial charge in [-0.05, 0) is 72.4 Å². The summed E-state index contributed by atoms with van der Waals surface area (Å²) in [5, 5.41) is 19.8. The van der Waals surface area contributed by atoms with Crippen molar-refractivity contribution < 1.29 is 5.76 Å². The van der Waals surface area contributed by atoms with E-state index in [1.54, 1.807) is 18.3 Å². The predicted molar refractivity (Wildman–Crippen MR) is 148 cm³/mol. The third kappa shape index (κ3) is 5.11. The molecule has 2 aromatic carbocycles. The van der Waals surface area contributed by atoms with Crippen LogP contribution in [0.4, 0.5) is 15.8 Å². The highest BCUT2D eigenvalue weighted by Crippen LogP contribution is 2.46. The number of hydrogen-bond donors (Lipinski definition) is 4. The molecule has 3 aromatic rings. The Morgan fingerprint density at radius 3 is 2.63 bits per heavy atom. The molecule has 6 rings (SSSR count). The molecule has 2 fully saturated rings. The van der Waals surface area contributed by atoms with Gasteiger partial charge in [0, 0.05) is 36.1 Å². The zero-order chi connectivity index (χ0) is 27.4. The number of hydrazine groups is 2. The van der Waals surface area contributed by atoms with E-state index in [0.717, 1.165) is 53.5 Å². The average Bonchev–Trinajstić information content (AvgIpc) is 3.85. The van der Waals surface area contributed by atoms with Crippen LogP contribution in [0.15, 0.2) is 54.5 Å². The third-order valence-electron chi connectivity index (χ3n) is 7.13. The minimum absolute atomic E-state index is 0.0114. The number of aromatic nitrogens is 1. The Morgan fingerprint density at radius 1 is 1.21 bits per heavy atom. The summed E-state index contributed by atoms with van der Waals surface area (Å²) < 4.78 is 23.6. The van der Waals surface area contributed by atoms with Gasteiger partial charge in [0.2, 0.25) is 0 Å². The van der Waals surface area contributed by atoms with Crippen LogP contribution >= 0.6 is 0 Å². The summed E-state index contributed by atoms with van der Waals surface area (Å²) in [6.07, 6.45) is 7.95. The van der Waals surface area contributed by atoms with Crippen molar-refractivity contribution in [1.29, 1.82) is 5.26 Å². The predicted octanol–water partition coefficient (Wildman–Crippen LogP) is 6.06. The lowest BCUT2D eigenvalue weighted by molar-refractivity contribution is 0.260. The van der Waals surface area contributed by atoms with Crippen molar-refractivity contribution in [2.45, 2.75) is 64.4 Å². The Bertz CT molecular complexity index is 1480. The van der Waals surface area contributed by atoms with Crippen molar-refractivity contribution in [2.24, 2.45) is 5.41 Å². The van der Waals surface area contributed by atoms with Crippen LogP contribution in [0.25, 0.3) is 10.9 Å². The van der Waals surface area contributed by atoms with Gasteiger partial charge in [0.1, 0.15) is 11.9 Å². The molecule has 1 unspecified atom stereocenters. The first-order valence-electron chi connectivity index (χ1n) is 13.8. The van der Waals surface area contributed by atoms with Crippen molar-refractivity contribution in [2.75, 3.05) is 17.2 Å². The van der Waals surface area contributed by atoms with Gasteiger partial charge < -0.3 is 16.1 Å². The van der Waals surface area contributed by atoms with Gasteiger partial charge in [-0.2, -0.15) is 5.26 Å². The number of hydrogen-bond acceptors (Lipinski definition) is 7. The largest absolute Gasteiger partial charge is 0.383 e. The van der Waals surface area contributed by atoms with Crippen LogP contribution in [0, 0.1) is 22.6 Å². The first kappa shape index (κ1) is 23.3. The molecule has 1 aliphatic heterocycles.